The van der Waals surface area contributed by atoms with Gasteiger partial charge in [0.2, 0.25) is 5.91 Å². The number of aromatic amines is 1. The summed E-state index contributed by atoms with van der Waals surface area (Å²) in [5.41, 5.74) is 1.21. The van der Waals surface area contributed by atoms with E-state index in [2.05, 4.69) is 15.4 Å². The average Bonchev–Trinajstić information content (AvgIpc) is 3.28. The lowest BCUT2D eigenvalue weighted by molar-refractivity contribution is -0.140. The van der Waals surface area contributed by atoms with Crippen LogP contribution >= 0.6 is 0 Å². The summed E-state index contributed by atoms with van der Waals surface area (Å²) in [7, 11) is 0. The zero-order valence-corrected chi connectivity index (χ0v) is 15.9. The Hall–Kier alpha value is -2.68. The molecule has 2 aliphatic carbocycles. The number of fused-ring (bicyclic) bond motifs is 1. The average molecular weight is 387 g/mol. The molecular weight excluding hydrogens is 362 g/mol. The first-order chi connectivity index (χ1) is 13.4. The maximum absolute atomic E-state index is 12.5. The minimum absolute atomic E-state index is 0.0122. The first-order valence-electron chi connectivity index (χ1n) is 9.71. The molecule has 0 bridgehead atoms. The highest BCUT2D eigenvalue weighted by Crippen LogP contribution is 2.33. The molecule has 2 saturated carbocycles. The number of carboxylic acids is 1. The number of hydrogen-bond donors (Lipinski definition) is 3. The van der Waals surface area contributed by atoms with Crippen LogP contribution in [0.4, 0.5) is 0 Å². The number of aryl methyl sites for hydroxylation is 1. The number of aliphatic carboxylic acids is 1. The van der Waals surface area contributed by atoms with Crippen LogP contribution < -0.4 is 10.9 Å². The fraction of sp³-hybridized carbons (Fsp3) is 0.579. The number of amides is 1. The van der Waals surface area contributed by atoms with E-state index >= 15 is 0 Å². The van der Waals surface area contributed by atoms with Gasteiger partial charge in [-0.25, -0.2) is 9.50 Å². The van der Waals surface area contributed by atoms with Crippen LogP contribution in [0.25, 0.3) is 5.65 Å². The Morgan fingerprint density at radius 1 is 1.39 bits per heavy atom. The van der Waals surface area contributed by atoms with Gasteiger partial charge in [0.25, 0.3) is 5.56 Å². The molecule has 28 heavy (non-hydrogen) atoms. The quantitative estimate of drug-likeness (QED) is 0.600. The first-order valence-corrected chi connectivity index (χ1v) is 9.71. The van der Waals surface area contributed by atoms with Crippen molar-refractivity contribution < 1.29 is 14.7 Å². The van der Waals surface area contributed by atoms with Gasteiger partial charge < -0.3 is 10.4 Å². The summed E-state index contributed by atoms with van der Waals surface area (Å²) in [6, 6.07) is 1.93. The fourth-order valence-corrected chi connectivity index (χ4v) is 3.90. The van der Waals surface area contributed by atoms with Gasteiger partial charge >= 0.3 is 5.97 Å². The minimum Gasteiger partial charge on any atom is -0.480 e. The van der Waals surface area contributed by atoms with Crippen LogP contribution in [-0.4, -0.2) is 61.7 Å². The summed E-state index contributed by atoms with van der Waals surface area (Å²) in [6.45, 7) is 2.62. The van der Waals surface area contributed by atoms with Crippen molar-refractivity contribution in [3.63, 3.8) is 0 Å². The highest BCUT2D eigenvalue weighted by atomic mass is 16.4. The first kappa shape index (κ1) is 18.7. The lowest BCUT2D eigenvalue weighted by atomic mass is 9.85. The largest absolute Gasteiger partial charge is 0.480 e. The molecule has 9 nitrogen and oxygen atoms in total. The van der Waals surface area contributed by atoms with Gasteiger partial charge in [-0.3, -0.25) is 24.4 Å². The van der Waals surface area contributed by atoms with E-state index in [1.807, 2.05) is 4.90 Å². The molecule has 0 radical (unpaired) electrons. The maximum Gasteiger partial charge on any atom is 0.317 e. The third-order valence-corrected chi connectivity index (χ3v) is 5.71. The van der Waals surface area contributed by atoms with Crippen LogP contribution in [0, 0.1) is 12.8 Å². The molecule has 0 atom stereocenters. The second-order valence-corrected chi connectivity index (χ2v) is 7.97. The number of carboxylic acid groups (broad SMARTS) is 1. The number of carbonyl (C=O) groups is 2. The van der Waals surface area contributed by atoms with Crippen molar-refractivity contribution in [3.8, 4) is 0 Å². The van der Waals surface area contributed by atoms with E-state index in [-0.39, 0.29) is 36.5 Å². The summed E-state index contributed by atoms with van der Waals surface area (Å²) in [5, 5.41) is 14.9. The predicted octanol–water partition coefficient (Wildman–Crippen LogP) is 0.317. The molecule has 0 aliphatic heterocycles. The number of aromatic nitrogens is 3. The predicted molar refractivity (Wildman–Crippen MR) is 101 cm³/mol. The highest BCUT2D eigenvalue weighted by Gasteiger charge is 2.37. The molecule has 0 spiro atoms. The summed E-state index contributed by atoms with van der Waals surface area (Å²) < 4.78 is 1.33. The van der Waals surface area contributed by atoms with Gasteiger partial charge in [-0.1, -0.05) is 0 Å². The van der Waals surface area contributed by atoms with Gasteiger partial charge in [-0.2, -0.15) is 0 Å². The second kappa shape index (κ2) is 7.38. The zero-order valence-electron chi connectivity index (χ0n) is 15.9. The SMILES string of the molecule is Cc1nc2cc[nH]n2c(=O)c1CC(=O)NC1CC(N(CC(=O)O)CC2CC2)C1. The molecule has 0 saturated heterocycles. The van der Waals surface area contributed by atoms with Gasteiger partial charge in [-0.05, 0) is 38.5 Å². The van der Waals surface area contributed by atoms with Crippen LogP contribution in [0.1, 0.15) is 36.9 Å². The van der Waals surface area contributed by atoms with Crippen LogP contribution in [-0.2, 0) is 16.0 Å². The van der Waals surface area contributed by atoms with Crippen molar-refractivity contribution >= 4 is 17.5 Å². The molecule has 4 rings (SSSR count). The van der Waals surface area contributed by atoms with E-state index in [9.17, 15) is 14.4 Å². The van der Waals surface area contributed by atoms with E-state index < -0.39 is 5.97 Å². The Bertz CT molecular complexity index is 955. The van der Waals surface area contributed by atoms with Gasteiger partial charge in [0.05, 0.1) is 13.0 Å². The van der Waals surface area contributed by atoms with E-state index in [0.717, 1.165) is 19.4 Å². The number of nitrogens with one attached hydrogen (secondary N) is 2. The molecule has 0 aromatic carbocycles. The third-order valence-electron chi connectivity index (χ3n) is 5.71. The molecule has 2 aliphatic rings. The van der Waals surface area contributed by atoms with Gasteiger partial charge in [0.1, 0.15) is 0 Å². The van der Waals surface area contributed by atoms with Crippen molar-refractivity contribution in [2.24, 2.45) is 5.92 Å². The van der Waals surface area contributed by atoms with Crippen LogP contribution in [0.5, 0.6) is 0 Å². The topological polar surface area (TPSA) is 120 Å². The van der Waals surface area contributed by atoms with Crippen molar-refractivity contribution in [3.05, 3.63) is 33.9 Å². The van der Waals surface area contributed by atoms with Gasteiger partial charge in [0.15, 0.2) is 5.65 Å². The van der Waals surface area contributed by atoms with Crippen molar-refractivity contribution in [2.45, 2.75) is 51.1 Å². The van der Waals surface area contributed by atoms with Gasteiger partial charge in [0, 0.05) is 42.1 Å². The molecule has 3 N–H and O–H groups in total. The normalized spacial score (nSPS) is 21.6. The molecular formula is C19H25N5O4. The Balaban J connectivity index is 1.33. The molecule has 150 valence electrons. The molecule has 0 unspecified atom stereocenters. The highest BCUT2D eigenvalue weighted by molar-refractivity contribution is 5.79. The Labute approximate surface area is 161 Å². The molecule has 1 amide bonds. The number of carbonyl (C=O) groups excluding carboxylic acids is 1. The molecule has 2 aromatic heterocycles. The lowest BCUT2D eigenvalue weighted by Crippen LogP contribution is -2.55. The standard InChI is InChI=1S/C19H25N5O4/c1-11-15(19(28)24-16(21-11)4-5-20-24)8-17(25)22-13-6-14(7-13)23(10-18(26)27)9-12-2-3-12/h4-5,12-14,20H,2-3,6-10H2,1H3,(H,22,25)(H,26,27). The minimum atomic E-state index is -0.809. The Morgan fingerprint density at radius 3 is 2.82 bits per heavy atom. The molecule has 2 heterocycles. The van der Waals surface area contributed by atoms with E-state index in [0.29, 0.717) is 22.8 Å². The molecule has 2 fully saturated rings. The van der Waals surface area contributed by atoms with E-state index in [1.54, 1.807) is 19.2 Å². The molecule has 2 aromatic rings. The summed E-state index contributed by atoms with van der Waals surface area (Å²) >= 11 is 0. The Morgan fingerprint density at radius 2 is 2.14 bits per heavy atom. The maximum atomic E-state index is 12.5. The summed E-state index contributed by atoms with van der Waals surface area (Å²) in [6.07, 6.45) is 5.47. The number of H-pyrrole nitrogens is 1. The van der Waals surface area contributed by atoms with Crippen molar-refractivity contribution in [1.29, 1.82) is 0 Å². The zero-order chi connectivity index (χ0) is 19.8. The van der Waals surface area contributed by atoms with Gasteiger partial charge in [-0.15, -0.1) is 0 Å². The van der Waals surface area contributed by atoms with Crippen molar-refractivity contribution in [2.75, 3.05) is 13.1 Å². The smallest absolute Gasteiger partial charge is 0.317 e. The summed E-state index contributed by atoms with van der Waals surface area (Å²) in [4.78, 5) is 42.4. The third kappa shape index (κ3) is 3.94. The van der Waals surface area contributed by atoms with Crippen LogP contribution in [0.15, 0.2) is 17.1 Å². The Kier molecular flexibility index (Phi) is 4.92. The lowest BCUT2D eigenvalue weighted by Gasteiger charge is -2.42. The van der Waals surface area contributed by atoms with Crippen LogP contribution in [0.2, 0.25) is 0 Å². The number of nitrogens with zero attached hydrogens (tertiary/aromatic N) is 3. The van der Waals surface area contributed by atoms with E-state index in [4.69, 9.17) is 5.11 Å². The fourth-order valence-electron chi connectivity index (χ4n) is 3.90. The number of rotatable bonds is 8. The molecule has 9 heteroatoms. The number of hydrogen-bond acceptors (Lipinski definition) is 5. The van der Waals surface area contributed by atoms with Crippen molar-refractivity contribution in [1.82, 2.24) is 24.8 Å². The summed E-state index contributed by atoms with van der Waals surface area (Å²) in [5.74, 6) is -0.389. The van der Waals surface area contributed by atoms with Crippen LogP contribution in [0.3, 0.4) is 0 Å². The van der Waals surface area contributed by atoms with E-state index in [1.165, 1.54) is 17.4 Å². The monoisotopic (exact) mass is 387 g/mol. The second-order valence-electron chi connectivity index (χ2n) is 7.97.